The van der Waals surface area contributed by atoms with E-state index < -0.39 is 22.5 Å². The van der Waals surface area contributed by atoms with Gasteiger partial charge in [-0.15, -0.1) is 0 Å². The van der Waals surface area contributed by atoms with Gasteiger partial charge in [-0.1, -0.05) is 65.7 Å². The van der Waals surface area contributed by atoms with E-state index in [4.69, 9.17) is 23.2 Å². The van der Waals surface area contributed by atoms with Gasteiger partial charge in [0, 0.05) is 16.6 Å². The highest BCUT2D eigenvalue weighted by molar-refractivity contribution is 7.92. The molecule has 3 aromatic carbocycles. The van der Waals surface area contributed by atoms with Crippen LogP contribution in [0.15, 0.2) is 77.7 Å². The number of carbonyl (C=O) groups is 1. The van der Waals surface area contributed by atoms with Gasteiger partial charge in [-0.3, -0.25) is 9.10 Å². The molecule has 0 radical (unpaired) electrons. The standard InChI is InChI=1S/C22H20Cl2N2O3S/c1-16-7-5-6-8-17(16)14-25-22(27)15-26(20-12-18(23)11-19(24)13-20)30(28,29)21-9-3-2-4-10-21/h2-13H,14-15H2,1H3,(H,25,27). The first kappa shape index (κ1) is 22.2. The van der Waals surface area contributed by atoms with Crippen molar-refractivity contribution in [1.82, 2.24) is 5.32 Å². The molecular formula is C22H20Cl2N2O3S. The lowest BCUT2D eigenvalue weighted by molar-refractivity contribution is -0.119. The van der Waals surface area contributed by atoms with Crippen LogP contribution in [0.25, 0.3) is 0 Å². The third-order valence-corrected chi connectivity index (χ3v) is 6.72. The normalized spacial score (nSPS) is 11.2. The zero-order valence-corrected chi connectivity index (χ0v) is 18.5. The molecule has 8 heteroatoms. The molecular weight excluding hydrogens is 443 g/mol. The molecule has 0 aliphatic carbocycles. The van der Waals surface area contributed by atoms with Crippen molar-refractivity contribution in [1.29, 1.82) is 0 Å². The van der Waals surface area contributed by atoms with Crippen LogP contribution in [0.2, 0.25) is 10.0 Å². The summed E-state index contributed by atoms with van der Waals surface area (Å²) in [6.07, 6.45) is 0. The van der Waals surface area contributed by atoms with Gasteiger partial charge in [-0.05, 0) is 48.4 Å². The number of benzene rings is 3. The minimum atomic E-state index is -4.02. The molecule has 30 heavy (non-hydrogen) atoms. The number of hydrogen-bond donors (Lipinski definition) is 1. The summed E-state index contributed by atoms with van der Waals surface area (Å²) < 4.78 is 27.6. The second-order valence-corrected chi connectivity index (χ2v) is 9.39. The maximum absolute atomic E-state index is 13.3. The zero-order chi connectivity index (χ0) is 21.7. The Kier molecular flexibility index (Phi) is 7.02. The van der Waals surface area contributed by atoms with Crippen LogP contribution >= 0.6 is 23.2 Å². The Labute approximate surface area is 186 Å². The third-order valence-electron chi connectivity index (χ3n) is 4.49. The minimum absolute atomic E-state index is 0.0628. The van der Waals surface area contributed by atoms with E-state index >= 15 is 0 Å². The van der Waals surface area contributed by atoms with E-state index in [0.29, 0.717) is 6.54 Å². The molecule has 0 fully saturated rings. The predicted molar refractivity (Wildman–Crippen MR) is 120 cm³/mol. The SMILES string of the molecule is Cc1ccccc1CNC(=O)CN(c1cc(Cl)cc(Cl)c1)S(=O)(=O)c1ccccc1. The molecule has 1 amide bonds. The monoisotopic (exact) mass is 462 g/mol. The van der Waals surface area contributed by atoms with E-state index in [2.05, 4.69) is 5.32 Å². The lowest BCUT2D eigenvalue weighted by Gasteiger charge is -2.24. The van der Waals surface area contributed by atoms with Crippen molar-refractivity contribution in [3.63, 3.8) is 0 Å². The summed E-state index contributed by atoms with van der Waals surface area (Å²) in [5.74, 6) is -0.450. The number of carbonyl (C=O) groups excluding carboxylic acids is 1. The van der Waals surface area contributed by atoms with E-state index in [1.165, 1.54) is 30.3 Å². The number of rotatable bonds is 7. The van der Waals surface area contributed by atoms with Crippen LogP contribution in [0.1, 0.15) is 11.1 Å². The quantitative estimate of drug-likeness (QED) is 0.547. The van der Waals surface area contributed by atoms with Gasteiger partial charge in [-0.2, -0.15) is 0 Å². The number of anilines is 1. The van der Waals surface area contributed by atoms with E-state index in [1.54, 1.807) is 18.2 Å². The van der Waals surface area contributed by atoms with Crippen molar-refractivity contribution < 1.29 is 13.2 Å². The van der Waals surface area contributed by atoms with Crippen molar-refractivity contribution in [2.24, 2.45) is 0 Å². The van der Waals surface area contributed by atoms with Gasteiger partial charge in [-0.25, -0.2) is 8.42 Å². The molecule has 0 bridgehead atoms. The molecule has 3 aromatic rings. The fourth-order valence-corrected chi connectivity index (χ4v) is 4.85. The summed E-state index contributed by atoms with van der Waals surface area (Å²) in [4.78, 5) is 12.7. The molecule has 0 saturated heterocycles. The second kappa shape index (κ2) is 9.51. The highest BCUT2D eigenvalue weighted by Gasteiger charge is 2.27. The molecule has 1 N–H and O–H groups in total. The summed E-state index contributed by atoms with van der Waals surface area (Å²) >= 11 is 12.2. The average molecular weight is 463 g/mol. The zero-order valence-electron chi connectivity index (χ0n) is 16.2. The van der Waals surface area contributed by atoms with Crippen molar-refractivity contribution in [3.8, 4) is 0 Å². The minimum Gasteiger partial charge on any atom is -0.350 e. The summed E-state index contributed by atoms with van der Waals surface area (Å²) in [7, 11) is -4.02. The third kappa shape index (κ3) is 5.33. The van der Waals surface area contributed by atoms with Crippen LogP contribution in [0.5, 0.6) is 0 Å². The fraction of sp³-hybridized carbons (Fsp3) is 0.136. The molecule has 0 aliphatic heterocycles. The topological polar surface area (TPSA) is 66.5 Å². The van der Waals surface area contributed by atoms with Gasteiger partial charge in [0.2, 0.25) is 5.91 Å². The highest BCUT2D eigenvalue weighted by Crippen LogP contribution is 2.29. The van der Waals surface area contributed by atoms with Crippen LogP contribution in [0.3, 0.4) is 0 Å². The van der Waals surface area contributed by atoms with Gasteiger partial charge in [0.1, 0.15) is 6.54 Å². The first-order chi connectivity index (χ1) is 14.3. The van der Waals surface area contributed by atoms with Crippen LogP contribution < -0.4 is 9.62 Å². The van der Waals surface area contributed by atoms with Crippen LogP contribution in [0.4, 0.5) is 5.69 Å². The van der Waals surface area contributed by atoms with E-state index in [9.17, 15) is 13.2 Å². The molecule has 0 spiro atoms. The molecule has 5 nitrogen and oxygen atoms in total. The number of nitrogens with zero attached hydrogens (tertiary/aromatic N) is 1. The maximum Gasteiger partial charge on any atom is 0.264 e. The highest BCUT2D eigenvalue weighted by atomic mass is 35.5. The molecule has 0 unspecified atom stereocenters. The van der Waals surface area contributed by atoms with Crippen molar-refractivity contribution >= 4 is 44.8 Å². The first-order valence-corrected chi connectivity index (χ1v) is 11.3. The predicted octanol–water partition coefficient (Wildman–Crippen LogP) is 4.81. The smallest absolute Gasteiger partial charge is 0.264 e. The summed E-state index contributed by atoms with van der Waals surface area (Å²) in [6.45, 7) is 1.82. The number of halogens is 2. The molecule has 0 heterocycles. The van der Waals surface area contributed by atoms with Crippen molar-refractivity contribution in [2.75, 3.05) is 10.8 Å². The van der Waals surface area contributed by atoms with Crippen LogP contribution in [-0.2, 0) is 21.4 Å². The number of sulfonamides is 1. The largest absolute Gasteiger partial charge is 0.350 e. The maximum atomic E-state index is 13.3. The van der Waals surface area contributed by atoms with Gasteiger partial charge in [0.25, 0.3) is 10.0 Å². The van der Waals surface area contributed by atoms with Crippen molar-refractivity contribution in [2.45, 2.75) is 18.4 Å². The Bertz CT molecular complexity index is 1130. The Hall–Kier alpha value is -2.54. The average Bonchev–Trinajstić information content (AvgIpc) is 2.71. The second-order valence-electron chi connectivity index (χ2n) is 6.66. The molecule has 0 atom stereocenters. The first-order valence-electron chi connectivity index (χ1n) is 9.12. The summed E-state index contributed by atoms with van der Waals surface area (Å²) in [6, 6.07) is 20.0. The Balaban J connectivity index is 1.90. The van der Waals surface area contributed by atoms with Crippen molar-refractivity contribution in [3.05, 3.63) is 94.0 Å². The van der Waals surface area contributed by atoms with Gasteiger partial charge in [0.15, 0.2) is 0 Å². The van der Waals surface area contributed by atoms with E-state index in [0.717, 1.165) is 15.4 Å². The van der Waals surface area contributed by atoms with Crippen LogP contribution in [0, 0.1) is 6.92 Å². The number of aryl methyl sites for hydroxylation is 1. The number of hydrogen-bond acceptors (Lipinski definition) is 3. The molecule has 0 aliphatic rings. The Morgan fingerprint density at radius 2 is 1.53 bits per heavy atom. The Morgan fingerprint density at radius 1 is 0.933 bits per heavy atom. The van der Waals surface area contributed by atoms with Gasteiger partial charge >= 0.3 is 0 Å². The molecule has 0 saturated carbocycles. The van der Waals surface area contributed by atoms with Gasteiger partial charge < -0.3 is 5.32 Å². The fourth-order valence-electron chi connectivity index (χ4n) is 2.91. The molecule has 0 aromatic heterocycles. The number of nitrogens with one attached hydrogen (secondary N) is 1. The summed E-state index contributed by atoms with van der Waals surface area (Å²) in [5, 5.41) is 3.32. The Morgan fingerprint density at radius 3 is 2.17 bits per heavy atom. The van der Waals surface area contributed by atoms with E-state index in [1.807, 2.05) is 31.2 Å². The van der Waals surface area contributed by atoms with E-state index in [-0.39, 0.29) is 20.6 Å². The lowest BCUT2D eigenvalue weighted by Crippen LogP contribution is -2.40. The van der Waals surface area contributed by atoms with Gasteiger partial charge in [0.05, 0.1) is 10.6 Å². The summed E-state index contributed by atoms with van der Waals surface area (Å²) in [5.41, 5.74) is 2.20. The number of amides is 1. The van der Waals surface area contributed by atoms with Crippen LogP contribution in [-0.4, -0.2) is 20.9 Å². The molecule has 3 rings (SSSR count). The molecule has 156 valence electrons. The lowest BCUT2D eigenvalue weighted by atomic mass is 10.1.